The molecule has 192 valence electrons. The van der Waals surface area contributed by atoms with E-state index in [1.165, 1.54) is 46.7 Å². The van der Waals surface area contributed by atoms with E-state index >= 15 is 0 Å². The van der Waals surface area contributed by atoms with Crippen molar-refractivity contribution in [1.82, 2.24) is 5.32 Å². The number of benzene rings is 2. The van der Waals surface area contributed by atoms with Gasteiger partial charge in [-0.2, -0.15) is 11.3 Å². The lowest BCUT2D eigenvalue weighted by Gasteiger charge is -2.32. The Morgan fingerprint density at radius 1 is 1.03 bits per heavy atom. The van der Waals surface area contributed by atoms with Gasteiger partial charge in [0, 0.05) is 25.5 Å². The molecule has 1 unspecified atom stereocenters. The van der Waals surface area contributed by atoms with Crippen molar-refractivity contribution in [3.63, 3.8) is 0 Å². The quantitative estimate of drug-likeness (QED) is 0.361. The third kappa shape index (κ3) is 5.20. The molecule has 0 saturated heterocycles. The molecule has 1 atom stereocenters. The first-order valence-electron chi connectivity index (χ1n) is 11.0. The van der Waals surface area contributed by atoms with E-state index in [0.717, 1.165) is 17.0 Å². The van der Waals surface area contributed by atoms with Gasteiger partial charge in [-0.15, -0.1) is 0 Å². The van der Waals surface area contributed by atoms with Crippen LogP contribution in [0, 0.1) is 11.6 Å². The van der Waals surface area contributed by atoms with Gasteiger partial charge in [0.15, 0.2) is 12.2 Å². The predicted molar refractivity (Wildman–Crippen MR) is 133 cm³/mol. The van der Waals surface area contributed by atoms with E-state index in [2.05, 4.69) is 5.32 Å². The van der Waals surface area contributed by atoms with Gasteiger partial charge in [0.1, 0.15) is 11.6 Å². The molecule has 0 fully saturated rings. The van der Waals surface area contributed by atoms with E-state index in [4.69, 9.17) is 0 Å². The Balaban J connectivity index is 1.70. The summed E-state index contributed by atoms with van der Waals surface area (Å²) in [6, 6.07) is 9.11. The van der Waals surface area contributed by atoms with Crippen molar-refractivity contribution in [2.24, 2.45) is 0 Å². The smallest absolute Gasteiger partial charge is 0.342 e. The normalized spacial score (nSPS) is 14.8. The number of carbonyl (C=O) groups is 4. The number of hydrogen-bond acceptors (Lipinski definition) is 6. The zero-order chi connectivity index (χ0) is 26.9. The topological polar surface area (TPSA) is 110 Å². The number of anilines is 3. The lowest BCUT2D eigenvalue weighted by atomic mass is 10.1. The first-order valence-corrected chi connectivity index (χ1v) is 11.9. The molecule has 0 spiro atoms. The van der Waals surface area contributed by atoms with E-state index in [1.54, 1.807) is 29.6 Å². The maximum absolute atomic E-state index is 13.7. The van der Waals surface area contributed by atoms with E-state index in [9.17, 15) is 33.1 Å². The number of carbonyl (C=O) groups excluding carboxylic acids is 3. The Labute approximate surface area is 214 Å². The van der Waals surface area contributed by atoms with Gasteiger partial charge in [-0.25, -0.2) is 13.6 Å². The van der Waals surface area contributed by atoms with Crippen LogP contribution in [-0.2, 0) is 25.6 Å². The van der Waals surface area contributed by atoms with Gasteiger partial charge >= 0.3 is 5.97 Å². The fourth-order valence-electron chi connectivity index (χ4n) is 4.12. The van der Waals surface area contributed by atoms with Crippen LogP contribution < -0.4 is 20.0 Å². The van der Waals surface area contributed by atoms with E-state index in [-0.39, 0.29) is 11.3 Å². The Kier molecular flexibility index (Phi) is 7.32. The summed E-state index contributed by atoms with van der Waals surface area (Å²) in [5, 5.41) is 15.8. The average Bonchev–Trinajstić information content (AvgIpc) is 3.36. The summed E-state index contributed by atoms with van der Waals surface area (Å²) in [5.41, 5.74) is 1.05. The second-order valence-corrected chi connectivity index (χ2v) is 9.10. The molecule has 3 aromatic rings. The first kappa shape index (κ1) is 25.9. The molecular weight excluding hydrogens is 506 g/mol. The fourth-order valence-corrected chi connectivity index (χ4v) is 4.75. The fraction of sp³-hybridized carbons (Fsp3) is 0.200. The summed E-state index contributed by atoms with van der Waals surface area (Å²) >= 11 is 1.18. The lowest BCUT2D eigenvalue weighted by Crippen LogP contribution is -2.63. The van der Waals surface area contributed by atoms with Crippen LogP contribution in [0.4, 0.5) is 25.8 Å². The molecule has 2 heterocycles. The van der Waals surface area contributed by atoms with Gasteiger partial charge < -0.3 is 14.9 Å². The molecule has 1 aromatic heterocycles. The van der Waals surface area contributed by atoms with E-state index in [1.807, 2.05) is 0 Å². The van der Waals surface area contributed by atoms with Crippen molar-refractivity contribution in [3.8, 4) is 0 Å². The summed E-state index contributed by atoms with van der Waals surface area (Å²) in [6.07, 6.45) is -2.39. The van der Waals surface area contributed by atoms with Gasteiger partial charge in [0.25, 0.3) is 11.8 Å². The van der Waals surface area contributed by atoms with Crippen molar-refractivity contribution in [1.29, 1.82) is 0 Å². The molecule has 37 heavy (non-hydrogen) atoms. The molecule has 3 amide bonds. The summed E-state index contributed by atoms with van der Waals surface area (Å²) in [6.45, 7) is 0. The highest BCUT2D eigenvalue weighted by Crippen LogP contribution is 2.31. The van der Waals surface area contributed by atoms with Crippen molar-refractivity contribution < 1.29 is 33.1 Å². The number of amides is 3. The molecule has 1 aliphatic rings. The molecule has 0 aliphatic carbocycles. The molecule has 0 radical (unpaired) electrons. The minimum absolute atomic E-state index is 0.0107. The van der Waals surface area contributed by atoms with Gasteiger partial charge in [0.05, 0.1) is 23.5 Å². The maximum Gasteiger partial charge on any atom is 0.342 e. The monoisotopic (exact) mass is 528 g/mol. The van der Waals surface area contributed by atoms with Crippen LogP contribution in [0.1, 0.15) is 5.56 Å². The third-order valence-electron chi connectivity index (χ3n) is 5.91. The highest BCUT2D eigenvalue weighted by Gasteiger charge is 2.42. The number of para-hydroxylation sites is 2. The number of carboxylic acids is 1. The Bertz CT molecular complexity index is 1310. The van der Waals surface area contributed by atoms with Gasteiger partial charge in [-0.05, 0) is 41.3 Å². The number of thiophene rings is 1. The molecular formula is C25H22F2N4O5S. The van der Waals surface area contributed by atoms with Crippen LogP contribution in [0.3, 0.4) is 0 Å². The SMILES string of the molecule is CN1C(=O)C(NC(C(=O)O)N(C(=O)Cc2cc(F)cc(F)c2)c2ccsc2)C(=O)N(C)c2ccccc21. The predicted octanol–water partition coefficient (Wildman–Crippen LogP) is 2.61. The molecule has 0 bridgehead atoms. The summed E-state index contributed by atoms with van der Waals surface area (Å²) in [5.74, 6) is -5.59. The minimum atomic E-state index is -1.86. The van der Waals surface area contributed by atoms with Crippen LogP contribution in [0.2, 0.25) is 0 Å². The van der Waals surface area contributed by atoms with Crippen molar-refractivity contribution >= 4 is 52.1 Å². The van der Waals surface area contributed by atoms with Crippen molar-refractivity contribution in [3.05, 3.63) is 76.5 Å². The number of nitrogens with zero attached hydrogens (tertiary/aromatic N) is 3. The number of carboxylic acid groups (broad SMARTS) is 1. The zero-order valence-electron chi connectivity index (χ0n) is 19.7. The summed E-state index contributed by atoms with van der Waals surface area (Å²) in [7, 11) is 2.91. The summed E-state index contributed by atoms with van der Waals surface area (Å²) < 4.78 is 27.4. The lowest BCUT2D eigenvalue weighted by molar-refractivity contribution is -0.142. The number of fused-ring (bicyclic) bond motifs is 1. The molecule has 12 heteroatoms. The molecule has 1 aliphatic heterocycles. The standard InChI is InChI=1S/C25H22F2N4O5S/c1-29-18-5-3-4-6-19(18)30(2)24(34)21(23(29)33)28-22(25(35)36)31(17-7-8-37-13-17)20(32)11-14-9-15(26)12-16(27)10-14/h3-10,12-13,21-22,28H,11H2,1-2H3,(H,35,36). The highest BCUT2D eigenvalue weighted by molar-refractivity contribution is 7.08. The number of rotatable bonds is 7. The molecule has 9 nitrogen and oxygen atoms in total. The Morgan fingerprint density at radius 2 is 1.59 bits per heavy atom. The first-order chi connectivity index (χ1) is 17.6. The number of likely N-dealkylation sites (N-methyl/N-ethyl adjacent to an activating group) is 2. The highest BCUT2D eigenvalue weighted by atomic mass is 32.1. The minimum Gasteiger partial charge on any atom is -0.479 e. The molecule has 4 rings (SSSR count). The van der Waals surface area contributed by atoms with Gasteiger partial charge in [-0.1, -0.05) is 12.1 Å². The third-order valence-corrected chi connectivity index (χ3v) is 6.58. The Morgan fingerprint density at radius 3 is 2.08 bits per heavy atom. The Hall–Kier alpha value is -4.16. The molecule has 0 saturated carbocycles. The van der Waals surface area contributed by atoms with Gasteiger partial charge in [0.2, 0.25) is 5.91 Å². The van der Waals surface area contributed by atoms with Crippen LogP contribution >= 0.6 is 11.3 Å². The number of hydrogen-bond donors (Lipinski definition) is 2. The molecule has 2 aromatic carbocycles. The zero-order valence-corrected chi connectivity index (χ0v) is 20.5. The number of halogens is 2. The van der Waals surface area contributed by atoms with Gasteiger partial charge in [-0.3, -0.25) is 24.6 Å². The van der Waals surface area contributed by atoms with Crippen LogP contribution in [0.5, 0.6) is 0 Å². The number of nitrogens with one attached hydrogen (secondary N) is 1. The van der Waals surface area contributed by atoms with E-state index in [0.29, 0.717) is 17.4 Å². The van der Waals surface area contributed by atoms with Crippen LogP contribution in [-0.4, -0.2) is 55.1 Å². The molecule has 2 N–H and O–H groups in total. The second-order valence-electron chi connectivity index (χ2n) is 8.32. The van der Waals surface area contributed by atoms with Crippen molar-refractivity contribution in [2.75, 3.05) is 28.8 Å². The van der Waals surface area contributed by atoms with Crippen LogP contribution in [0.25, 0.3) is 0 Å². The van der Waals surface area contributed by atoms with E-state index < -0.39 is 54.0 Å². The number of aliphatic carboxylic acids is 1. The summed E-state index contributed by atoms with van der Waals surface area (Å²) in [4.78, 5) is 55.7. The van der Waals surface area contributed by atoms with Crippen LogP contribution in [0.15, 0.2) is 59.3 Å². The average molecular weight is 529 g/mol. The second kappa shape index (κ2) is 10.4. The van der Waals surface area contributed by atoms with Crippen molar-refractivity contribution in [2.45, 2.75) is 18.6 Å². The largest absolute Gasteiger partial charge is 0.479 e. The maximum atomic E-state index is 13.7.